The lowest BCUT2D eigenvalue weighted by Gasteiger charge is -2.05. The summed E-state index contributed by atoms with van der Waals surface area (Å²) in [6.07, 6.45) is 1.38. The van der Waals surface area contributed by atoms with Crippen molar-refractivity contribution in [1.82, 2.24) is 10.4 Å². The van der Waals surface area contributed by atoms with Crippen LogP contribution < -0.4 is 10.2 Å². The number of hydrogen-bond donors (Lipinski definition) is 2. The first kappa shape index (κ1) is 19.2. The monoisotopic (exact) mass is 361 g/mol. The zero-order valence-corrected chi connectivity index (χ0v) is 14.8. The summed E-state index contributed by atoms with van der Waals surface area (Å²) in [5.74, 6) is -1.52. The molecule has 0 fully saturated rings. The summed E-state index contributed by atoms with van der Waals surface area (Å²) in [5, 5.41) is 3.82. The summed E-state index contributed by atoms with van der Waals surface area (Å²) in [4.78, 5) is 26.6. The number of nitrogens with one attached hydrogen (secondary N) is 2. The van der Waals surface area contributed by atoms with E-state index in [4.69, 9.17) is 9.47 Å². The average Bonchev–Trinajstić information content (AvgIpc) is 2.88. The van der Waals surface area contributed by atoms with Crippen molar-refractivity contribution in [3.8, 4) is 5.75 Å². The van der Waals surface area contributed by atoms with Gasteiger partial charge >= 0.3 is 5.97 Å². The van der Waals surface area contributed by atoms with Gasteiger partial charge in [0.05, 0.1) is 24.1 Å². The van der Waals surface area contributed by atoms with Crippen molar-refractivity contribution in [2.24, 2.45) is 5.10 Å². The number of H-pyrrole nitrogens is 1. The van der Waals surface area contributed by atoms with Crippen LogP contribution in [0.4, 0.5) is 4.39 Å². The van der Waals surface area contributed by atoms with Crippen molar-refractivity contribution in [2.45, 2.75) is 20.8 Å². The van der Waals surface area contributed by atoms with Crippen LogP contribution in [0.5, 0.6) is 5.75 Å². The van der Waals surface area contributed by atoms with Crippen molar-refractivity contribution in [3.63, 3.8) is 0 Å². The number of aromatic amines is 1. The highest BCUT2D eigenvalue weighted by atomic mass is 19.1. The fourth-order valence-electron chi connectivity index (χ4n) is 2.32. The molecule has 0 unspecified atom stereocenters. The smallest absolute Gasteiger partial charge is 0.340 e. The Morgan fingerprint density at radius 1 is 1.31 bits per heavy atom. The molecule has 0 atom stereocenters. The largest absolute Gasteiger partial charge is 0.481 e. The van der Waals surface area contributed by atoms with E-state index in [2.05, 4.69) is 15.5 Å². The topological polar surface area (TPSA) is 92.8 Å². The van der Waals surface area contributed by atoms with Crippen LogP contribution in [-0.2, 0) is 9.53 Å². The fraction of sp³-hybridized carbons (Fsp3) is 0.278. The lowest BCUT2D eigenvalue weighted by molar-refractivity contribution is -0.123. The van der Waals surface area contributed by atoms with E-state index < -0.39 is 17.7 Å². The molecule has 0 radical (unpaired) electrons. The van der Waals surface area contributed by atoms with E-state index in [0.717, 1.165) is 0 Å². The second-order valence-corrected chi connectivity index (χ2v) is 5.40. The first-order valence-corrected chi connectivity index (χ1v) is 7.99. The van der Waals surface area contributed by atoms with Crippen molar-refractivity contribution in [1.29, 1.82) is 0 Å². The number of carbonyl (C=O) groups is 2. The highest BCUT2D eigenvalue weighted by Gasteiger charge is 2.18. The zero-order valence-electron chi connectivity index (χ0n) is 14.8. The molecule has 138 valence electrons. The standard InChI is InChI=1S/C18H20FN3O4/c1-4-25-18(24)17-11(2)14(21-12(17)3)9-20-22-16(23)10-26-15-8-6-5-7-13(15)19/h5-9,21H,4,10H2,1-3H3,(H,22,23)/b20-9+. The summed E-state index contributed by atoms with van der Waals surface area (Å²) in [6.45, 7) is 5.13. The summed E-state index contributed by atoms with van der Waals surface area (Å²) in [7, 11) is 0. The second kappa shape index (κ2) is 8.80. The Hall–Kier alpha value is -3.16. The molecular weight excluding hydrogens is 341 g/mol. The minimum absolute atomic E-state index is 0.0125. The molecule has 1 heterocycles. The van der Waals surface area contributed by atoms with E-state index in [9.17, 15) is 14.0 Å². The van der Waals surface area contributed by atoms with Gasteiger partial charge in [-0.25, -0.2) is 14.6 Å². The number of carbonyl (C=O) groups excluding carboxylic acids is 2. The van der Waals surface area contributed by atoms with Crippen LogP contribution in [0.1, 0.15) is 34.2 Å². The number of aryl methyl sites for hydroxylation is 1. The van der Waals surface area contributed by atoms with Gasteiger partial charge in [-0.15, -0.1) is 0 Å². The van der Waals surface area contributed by atoms with Gasteiger partial charge in [0.25, 0.3) is 5.91 Å². The number of rotatable bonds is 7. The van der Waals surface area contributed by atoms with Gasteiger partial charge in [0, 0.05) is 5.69 Å². The minimum atomic E-state index is -0.548. The van der Waals surface area contributed by atoms with Crippen molar-refractivity contribution >= 4 is 18.1 Å². The van der Waals surface area contributed by atoms with Gasteiger partial charge in [0.2, 0.25) is 0 Å². The van der Waals surface area contributed by atoms with Crippen LogP contribution in [-0.4, -0.2) is 36.3 Å². The van der Waals surface area contributed by atoms with E-state index in [-0.39, 0.29) is 19.0 Å². The van der Waals surface area contributed by atoms with Crippen LogP contribution >= 0.6 is 0 Å². The molecule has 0 aliphatic rings. The molecule has 0 saturated heterocycles. The summed E-state index contributed by atoms with van der Waals surface area (Å²) in [5.41, 5.74) is 4.61. The highest BCUT2D eigenvalue weighted by molar-refractivity contribution is 5.96. The molecule has 1 amide bonds. The molecule has 1 aromatic carbocycles. The Morgan fingerprint density at radius 2 is 2.04 bits per heavy atom. The third-order valence-electron chi connectivity index (χ3n) is 3.53. The summed E-state index contributed by atoms with van der Waals surface area (Å²) < 4.78 is 23.5. The number of amides is 1. The highest BCUT2D eigenvalue weighted by Crippen LogP contribution is 2.18. The molecule has 0 aliphatic heterocycles. The number of hydrazone groups is 1. The Labute approximate surface area is 150 Å². The number of nitrogens with zero attached hydrogens (tertiary/aromatic N) is 1. The molecule has 2 N–H and O–H groups in total. The van der Waals surface area contributed by atoms with Crippen LogP contribution in [0.15, 0.2) is 29.4 Å². The van der Waals surface area contributed by atoms with Gasteiger partial charge in [-0.05, 0) is 38.5 Å². The average molecular weight is 361 g/mol. The number of benzene rings is 1. The number of aromatic nitrogens is 1. The van der Waals surface area contributed by atoms with Gasteiger partial charge < -0.3 is 14.5 Å². The molecular formula is C18H20FN3O4. The van der Waals surface area contributed by atoms with Crippen molar-refractivity contribution in [3.05, 3.63) is 52.6 Å². The molecule has 1 aromatic heterocycles. The van der Waals surface area contributed by atoms with Gasteiger partial charge in [0.1, 0.15) is 0 Å². The summed E-state index contributed by atoms with van der Waals surface area (Å²) in [6, 6.07) is 5.79. The van der Waals surface area contributed by atoms with Crippen LogP contribution in [0.25, 0.3) is 0 Å². The molecule has 26 heavy (non-hydrogen) atoms. The third-order valence-corrected chi connectivity index (χ3v) is 3.53. The van der Waals surface area contributed by atoms with Crippen LogP contribution in [0, 0.1) is 19.7 Å². The number of esters is 1. The number of halogens is 1. The van der Waals surface area contributed by atoms with E-state index in [0.29, 0.717) is 22.5 Å². The van der Waals surface area contributed by atoms with Crippen molar-refractivity contribution < 1.29 is 23.5 Å². The molecule has 0 spiro atoms. The summed E-state index contributed by atoms with van der Waals surface area (Å²) >= 11 is 0. The molecule has 8 heteroatoms. The van der Waals surface area contributed by atoms with E-state index >= 15 is 0 Å². The van der Waals surface area contributed by atoms with Gasteiger partial charge in [-0.3, -0.25) is 4.79 Å². The van der Waals surface area contributed by atoms with Crippen LogP contribution in [0.2, 0.25) is 0 Å². The van der Waals surface area contributed by atoms with Gasteiger partial charge in [-0.1, -0.05) is 12.1 Å². The fourth-order valence-corrected chi connectivity index (χ4v) is 2.32. The molecule has 2 aromatic rings. The normalized spacial score (nSPS) is 10.8. The number of hydrogen-bond acceptors (Lipinski definition) is 5. The second-order valence-electron chi connectivity index (χ2n) is 5.40. The Morgan fingerprint density at radius 3 is 2.73 bits per heavy atom. The van der Waals surface area contributed by atoms with Gasteiger partial charge in [0.15, 0.2) is 18.2 Å². The predicted molar refractivity (Wildman–Crippen MR) is 93.9 cm³/mol. The maximum atomic E-state index is 13.4. The van der Waals surface area contributed by atoms with Crippen LogP contribution in [0.3, 0.4) is 0 Å². The van der Waals surface area contributed by atoms with E-state index in [1.165, 1.54) is 24.4 Å². The number of ether oxygens (including phenoxy) is 2. The molecule has 0 aliphatic carbocycles. The van der Waals surface area contributed by atoms with Gasteiger partial charge in [-0.2, -0.15) is 5.10 Å². The Kier molecular flexibility index (Phi) is 6.48. The van der Waals surface area contributed by atoms with Crippen molar-refractivity contribution in [2.75, 3.05) is 13.2 Å². The molecule has 0 bridgehead atoms. The third kappa shape index (κ3) is 4.69. The number of para-hydroxylation sites is 1. The Balaban J connectivity index is 1.94. The Bertz CT molecular complexity index is 830. The van der Waals surface area contributed by atoms with E-state index in [1.807, 2.05) is 0 Å². The predicted octanol–water partition coefficient (Wildman–Crippen LogP) is 2.48. The maximum absolute atomic E-state index is 13.4. The first-order chi connectivity index (χ1) is 12.4. The quantitative estimate of drug-likeness (QED) is 0.450. The zero-order chi connectivity index (χ0) is 19.1. The minimum Gasteiger partial charge on any atom is -0.481 e. The maximum Gasteiger partial charge on any atom is 0.340 e. The first-order valence-electron chi connectivity index (χ1n) is 7.99. The molecule has 7 nitrogen and oxygen atoms in total. The lowest BCUT2D eigenvalue weighted by Crippen LogP contribution is -2.24. The van der Waals surface area contributed by atoms with E-state index in [1.54, 1.807) is 26.8 Å². The molecule has 2 rings (SSSR count). The lowest BCUT2D eigenvalue weighted by atomic mass is 10.1. The SMILES string of the molecule is CCOC(=O)c1c(C)[nH]c(/C=N/NC(=O)COc2ccccc2F)c1C. The molecule has 0 saturated carbocycles.